The number of anilines is 1. The molecule has 1 saturated heterocycles. The molecule has 2 atom stereocenters. The predicted molar refractivity (Wildman–Crippen MR) is 65.0 cm³/mol. The third kappa shape index (κ3) is 2.65. The Morgan fingerprint density at radius 3 is 2.47 bits per heavy atom. The van der Waals surface area contributed by atoms with E-state index in [1.807, 2.05) is 6.92 Å². The Morgan fingerprint density at radius 2 is 2.00 bits per heavy atom. The summed E-state index contributed by atoms with van der Waals surface area (Å²) in [5, 5.41) is 20.2. The lowest BCUT2D eigenvalue weighted by Gasteiger charge is -2.35. The number of non-ortho nitro benzene ring substituents is 1. The first-order chi connectivity index (χ1) is 8.90. The van der Waals surface area contributed by atoms with Crippen LogP contribution < -0.4 is 4.90 Å². The molecule has 0 amide bonds. The van der Waals surface area contributed by atoms with E-state index in [9.17, 15) is 24.0 Å². The van der Waals surface area contributed by atoms with Crippen LogP contribution in [-0.2, 0) is 0 Å². The lowest BCUT2D eigenvalue weighted by molar-refractivity contribution is -0.385. The van der Waals surface area contributed by atoms with E-state index in [0.29, 0.717) is 25.1 Å². The van der Waals surface area contributed by atoms with Crippen LogP contribution in [0.25, 0.3) is 0 Å². The van der Waals surface area contributed by atoms with Crippen molar-refractivity contribution >= 4 is 11.4 Å². The molecule has 1 aromatic rings. The molecule has 5 nitrogen and oxygen atoms in total. The smallest absolute Gasteiger partial charge is 0.275 e. The van der Waals surface area contributed by atoms with Crippen molar-refractivity contribution in [3.63, 3.8) is 0 Å². The second-order valence-electron chi connectivity index (χ2n) is 4.79. The molecule has 7 heteroatoms. The Kier molecular flexibility index (Phi) is 3.66. The fourth-order valence-corrected chi connectivity index (χ4v) is 2.21. The van der Waals surface area contributed by atoms with E-state index in [0.717, 1.165) is 0 Å². The minimum Gasteiger partial charge on any atom is -0.391 e. The molecule has 0 bridgehead atoms. The number of piperidine rings is 1. The van der Waals surface area contributed by atoms with Gasteiger partial charge in [-0.25, -0.2) is 8.78 Å². The number of β-amino-alcohol motifs (C(OH)–C–C–N with tert-alkyl or cyclic N) is 1. The normalized spacial score (nSPS) is 23.5. The second-order valence-corrected chi connectivity index (χ2v) is 4.79. The number of aliphatic hydroxyl groups is 1. The van der Waals surface area contributed by atoms with E-state index in [1.165, 1.54) is 4.90 Å². The number of rotatable bonds is 2. The van der Waals surface area contributed by atoms with Crippen LogP contribution in [0.15, 0.2) is 12.1 Å². The average Bonchev–Trinajstić information content (AvgIpc) is 2.32. The van der Waals surface area contributed by atoms with Gasteiger partial charge in [0, 0.05) is 13.1 Å². The van der Waals surface area contributed by atoms with Gasteiger partial charge in [-0.1, -0.05) is 6.92 Å². The highest BCUT2D eigenvalue weighted by atomic mass is 19.1. The SMILES string of the molecule is CC1CCN(c2c(F)cc([N+](=O)[O-])cc2F)CC1O. The molecular weight excluding hydrogens is 258 g/mol. The first-order valence-corrected chi connectivity index (χ1v) is 5.96. The quantitative estimate of drug-likeness (QED) is 0.661. The van der Waals surface area contributed by atoms with Gasteiger partial charge in [0.15, 0.2) is 11.6 Å². The maximum absolute atomic E-state index is 13.8. The van der Waals surface area contributed by atoms with Crippen molar-refractivity contribution in [1.82, 2.24) is 0 Å². The van der Waals surface area contributed by atoms with Gasteiger partial charge >= 0.3 is 0 Å². The molecule has 1 aliphatic heterocycles. The summed E-state index contributed by atoms with van der Waals surface area (Å²) in [5.74, 6) is -1.89. The summed E-state index contributed by atoms with van der Waals surface area (Å²) in [4.78, 5) is 11.1. The van der Waals surface area contributed by atoms with E-state index in [-0.39, 0.29) is 18.2 Å². The molecule has 0 aromatic heterocycles. The van der Waals surface area contributed by atoms with Crippen LogP contribution in [0, 0.1) is 27.7 Å². The van der Waals surface area contributed by atoms with Crippen molar-refractivity contribution in [2.45, 2.75) is 19.4 Å². The highest BCUT2D eigenvalue weighted by Crippen LogP contribution is 2.31. The van der Waals surface area contributed by atoms with Gasteiger partial charge in [-0.05, 0) is 12.3 Å². The van der Waals surface area contributed by atoms with E-state index in [2.05, 4.69) is 0 Å². The summed E-state index contributed by atoms with van der Waals surface area (Å²) in [6.45, 7) is 2.39. The molecule has 0 spiro atoms. The third-order valence-electron chi connectivity index (χ3n) is 3.45. The molecule has 0 saturated carbocycles. The molecule has 1 fully saturated rings. The van der Waals surface area contributed by atoms with Gasteiger partial charge in [-0.15, -0.1) is 0 Å². The Morgan fingerprint density at radius 1 is 1.42 bits per heavy atom. The Balaban J connectivity index is 2.33. The molecule has 2 rings (SSSR count). The van der Waals surface area contributed by atoms with Gasteiger partial charge in [-0.2, -0.15) is 0 Å². The molecule has 2 unspecified atom stereocenters. The summed E-state index contributed by atoms with van der Waals surface area (Å²) < 4.78 is 27.6. The van der Waals surface area contributed by atoms with Crippen LogP contribution in [0.1, 0.15) is 13.3 Å². The van der Waals surface area contributed by atoms with E-state index in [1.54, 1.807) is 0 Å². The molecule has 0 radical (unpaired) electrons. The minimum atomic E-state index is -0.978. The van der Waals surface area contributed by atoms with Crippen LogP contribution in [0.2, 0.25) is 0 Å². The number of hydrogen-bond donors (Lipinski definition) is 1. The summed E-state index contributed by atoms with van der Waals surface area (Å²) >= 11 is 0. The molecule has 1 N–H and O–H groups in total. The van der Waals surface area contributed by atoms with Crippen molar-refractivity contribution in [2.75, 3.05) is 18.0 Å². The molecule has 104 valence electrons. The first kappa shape index (κ1) is 13.7. The minimum absolute atomic E-state index is 0.0698. The van der Waals surface area contributed by atoms with Crippen LogP contribution in [0.4, 0.5) is 20.2 Å². The van der Waals surface area contributed by atoms with E-state index in [4.69, 9.17) is 0 Å². The number of halogens is 2. The zero-order valence-corrected chi connectivity index (χ0v) is 10.3. The lowest BCUT2D eigenvalue weighted by atomic mass is 9.95. The summed E-state index contributed by atoms with van der Waals surface area (Å²) in [6, 6.07) is 1.39. The average molecular weight is 272 g/mol. The van der Waals surface area contributed by atoms with E-state index < -0.39 is 28.3 Å². The molecule has 19 heavy (non-hydrogen) atoms. The van der Waals surface area contributed by atoms with Crippen molar-refractivity contribution in [3.05, 3.63) is 33.9 Å². The second kappa shape index (κ2) is 5.08. The van der Waals surface area contributed by atoms with Gasteiger partial charge in [0.1, 0.15) is 5.69 Å². The third-order valence-corrected chi connectivity index (χ3v) is 3.45. The van der Waals surface area contributed by atoms with Crippen molar-refractivity contribution in [3.8, 4) is 0 Å². The number of aliphatic hydroxyl groups excluding tert-OH is 1. The van der Waals surface area contributed by atoms with Gasteiger partial charge < -0.3 is 10.0 Å². The summed E-state index contributed by atoms with van der Waals surface area (Å²) in [5.41, 5.74) is -0.929. The number of nitrogens with zero attached hydrogens (tertiary/aromatic N) is 2. The first-order valence-electron chi connectivity index (χ1n) is 5.96. The molecule has 1 heterocycles. The molecule has 1 aromatic carbocycles. The summed E-state index contributed by atoms with van der Waals surface area (Å²) in [6.07, 6.45) is -0.0560. The molecule has 1 aliphatic rings. The predicted octanol–water partition coefficient (Wildman–Crippen LogP) is 2.08. The number of nitro groups is 1. The van der Waals surface area contributed by atoms with Crippen molar-refractivity contribution in [2.24, 2.45) is 5.92 Å². The zero-order valence-electron chi connectivity index (χ0n) is 10.3. The maximum atomic E-state index is 13.8. The number of hydrogen-bond acceptors (Lipinski definition) is 4. The van der Waals surface area contributed by atoms with Crippen molar-refractivity contribution < 1.29 is 18.8 Å². The summed E-state index contributed by atoms with van der Waals surface area (Å²) in [7, 11) is 0. The van der Waals surface area contributed by atoms with Crippen molar-refractivity contribution in [1.29, 1.82) is 0 Å². The Bertz CT molecular complexity index is 487. The Labute approximate surface area is 108 Å². The number of nitro benzene ring substituents is 1. The van der Waals surface area contributed by atoms with Gasteiger partial charge in [-0.3, -0.25) is 10.1 Å². The lowest BCUT2D eigenvalue weighted by Crippen LogP contribution is -2.43. The van der Waals surface area contributed by atoms with Crippen LogP contribution in [-0.4, -0.2) is 29.2 Å². The standard InChI is InChI=1S/C12H14F2N2O3/c1-7-2-3-15(6-11(7)17)12-9(13)4-8(16(18)19)5-10(12)14/h4-5,7,11,17H,2-3,6H2,1H3. The van der Waals surface area contributed by atoms with E-state index >= 15 is 0 Å². The topological polar surface area (TPSA) is 66.6 Å². The van der Waals surface area contributed by atoms with Crippen LogP contribution in [0.3, 0.4) is 0 Å². The van der Waals surface area contributed by atoms with Gasteiger partial charge in [0.25, 0.3) is 5.69 Å². The van der Waals surface area contributed by atoms with Gasteiger partial charge in [0.2, 0.25) is 0 Å². The monoisotopic (exact) mass is 272 g/mol. The Hall–Kier alpha value is -1.76. The molecule has 0 aliphatic carbocycles. The number of benzene rings is 1. The van der Waals surface area contributed by atoms with Crippen LogP contribution in [0.5, 0.6) is 0 Å². The fraction of sp³-hybridized carbons (Fsp3) is 0.500. The highest BCUT2D eigenvalue weighted by Gasteiger charge is 2.29. The van der Waals surface area contributed by atoms with Gasteiger partial charge in [0.05, 0.1) is 23.2 Å². The highest BCUT2D eigenvalue weighted by molar-refractivity contribution is 5.54. The largest absolute Gasteiger partial charge is 0.391 e. The molecular formula is C12H14F2N2O3. The van der Waals surface area contributed by atoms with Crippen LogP contribution >= 0.6 is 0 Å². The zero-order chi connectivity index (χ0) is 14.2. The maximum Gasteiger partial charge on any atom is 0.275 e. The fourth-order valence-electron chi connectivity index (χ4n) is 2.21.